The summed E-state index contributed by atoms with van der Waals surface area (Å²) < 4.78 is 0. The van der Waals surface area contributed by atoms with E-state index in [2.05, 4.69) is 24.1 Å². The predicted molar refractivity (Wildman–Crippen MR) is 77.4 cm³/mol. The van der Waals surface area contributed by atoms with Crippen LogP contribution in [0.4, 0.5) is 0 Å². The number of amides is 1. The Morgan fingerprint density at radius 2 is 2.11 bits per heavy atom. The van der Waals surface area contributed by atoms with E-state index in [0.29, 0.717) is 18.9 Å². The van der Waals surface area contributed by atoms with Crippen LogP contribution >= 0.6 is 0 Å². The molecule has 1 aromatic heterocycles. The summed E-state index contributed by atoms with van der Waals surface area (Å²) in [5.74, 6) is 0.875. The van der Waals surface area contributed by atoms with Crippen molar-refractivity contribution in [2.75, 3.05) is 6.54 Å². The van der Waals surface area contributed by atoms with Gasteiger partial charge in [-0.1, -0.05) is 19.9 Å². The minimum atomic E-state index is -0.0637. The molecule has 0 aliphatic heterocycles. The fraction of sp³-hybridized carbons (Fsp3) is 0.600. The number of nitrogens with zero attached hydrogens (tertiary/aromatic N) is 1. The number of carbonyl (C=O) groups excluding carboxylic acids is 1. The van der Waals surface area contributed by atoms with E-state index in [1.54, 1.807) is 6.20 Å². The second-order valence-corrected chi connectivity index (χ2v) is 5.48. The molecule has 1 amide bonds. The molecule has 1 unspecified atom stereocenters. The standard InChI is InChI=1S/C15H25N3O/c1-11(2)8-13(10-16)9-15(19)18-12(3)14-6-4-5-7-17-14/h4-7,11-13H,8-10,16H2,1-3H3,(H,18,19)/t12-,13?/m1/s1. The van der Waals surface area contributed by atoms with Gasteiger partial charge in [-0.15, -0.1) is 0 Å². The summed E-state index contributed by atoms with van der Waals surface area (Å²) in [4.78, 5) is 16.2. The van der Waals surface area contributed by atoms with Gasteiger partial charge in [0.25, 0.3) is 0 Å². The molecule has 0 saturated carbocycles. The van der Waals surface area contributed by atoms with E-state index in [1.165, 1.54) is 0 Å². The number of carbonyl (C=O) groups is 1. The maximum absolute atomic E-state index is 12.0. The molecule has 0 aromatic carbocycles. The third-order valence-corrected chi connectivity index (χ3v) is 3.12. The van der Waals surface area contributed by atoms with Crippen LogP contribution in [-0.4, -0.2) is 17.4 Å². The van der Waals surface area contributed by atoms with Gasteiger partial charge in [0, 0.05) is 12.6 Å². The predicted octanol–water partition coefficient (Wildman–Crippen LogP) is 2.27. The van der Waals surface area contributed by atoms with Crippen molar-refractivity contribution in [3.8, 4) is 0 Å². The first kappa shape index (κ1) is 15.6. The highest BCUT2D eigenvalue weighted by molar-refractivity contribution is 5.76. The monoisotopic (exact) mass is 263 g/mol. The summed E-state index contributed by atoms with van der Waals surface area (Å²) in [6.45, 7) is 6.80. The smallest absolute Gasteiger partial charge is 0.220 e. The Bertz CT molecular complexity index is 378. The van der Waals surface area contributed by atoms with Gasteiger partial charge in [-0.2, -0.15) is 0 Å². The average Bonchev–Trinajstić information content (AvgIpc) is 2.38. The number of aromatic nitrogens is 1. The van der Waals surface area contributed by atoms with Crippen LogP contribution in [0, 0.1) is 11.8 Å². The Kier molecular flexibility index (Phi) is 6.50. The first-order valence-electron chi connectivity index (χ1n) is 6.93. The molecule has 4 heteroatoms. The highest BCUT2D eigenvalue weighted by Gasteiger charge is 2.16. The quantitative estimate of drug-likeness (QED) is 0.793. The summed E-state index contributed by atoms with van der Waals surface area (Å²) >= 11 is 0. The highest BCUT2D eigenvalue weighted by atomic mass is 16.1. The van der Waals surface area contributed by atoms with Gasteiger partial charge in [-0.3, -0.25) is 9.78 Å². The van der Waals surface area contributed by atoms with Crippen molar-refractivity contribution >= 4 is 5.91 Å². The van der Waals surface area contributed by atoms with Crippen LogP contribution in [0.5, 0.6) is 0 Å². The van der Waals surface area contributed by atoms with Gasteiger partial charge < -0.3 is 11.1 Å². The Labute approximate surface area is 115 Å². The van der Waals surface area contributed by atoms with E-state index in [0.717, 1.165) is 12.1 Å². The Hall–Kier alpha value is -1.42. The lowest BCUT2D eigenvalue weighted by Gasteiger charge is -2.18. The minimum Gasteiger partial charge on any atom is -0.348 e. The van der Waals surface area contributed by atoms with Crippen molar-refractivity contribution < 1.29 is 4.79 Å². The molecule has 0 aliphatic rings. The second kappa shape index (κ2) is 7.89. The number of nitrogens with one attached hydrogen (secondary N) is 1. The lowest BCUT2D eigenvalue weighted by Crippen LogP contribution is -2.31. The zero-order valence-electron chi connectivity index (χ0n) is 12.1. The van der Waals surface area contributed by atoms with E-state index in [1.807, 2.05) is 25.1 Å². The van der Waals surface area contributed by atoms with Gasteiger partial charge in [0.05, 0.1) is 11.7 Å². The number of hydrogen-bond donors (Lipinski definition) is 2. The van der Waals surface area contributed by atoms with Crippen LogP contribution < -0.4 is 11.1 Å². The molecule has 0 bridgehead atoms. The topological polar surface area (TPSA) is 68.0 Å². The Balaban J connectivity index is 2.46. The summed E-state index contributed by atoms with van der Waals surface area (Å²) in [6, 6.07) is 5.64. The molecule has 0 radical (unpaired) electrons. The second-order valence-electron chi connectivity index (χ2n) is 5.48. The summed E-state index contributed by atoms with van der Waals surface area (Å²) in [6.07, 6.45) is 3.22. The van der Waals surface area contributed by atoms with Crippen molar-refractivity contribution in [3.05, 3.63) is 30.1 Å². The normalized spacial score (nSPS) is 14.2. The lowest BCUT2D eigenvalue weighted by molar-refractivity contribution is -0.122. The zero-order chi connectivity index (χ0) is 14.3. The molecule has 4 nitrogen and oxygen atoms in total. The molecule has 19 heavy (non-hydrogen) atoms. The van der Waals surface area contributed by atoms with Gasteiger partial charge in [0.2, 0.25) is 5.91 Å². The highest BCUT2D eigenvalue weighted by Crippen LogP contribution is 2.15. The maximum Gasteiger partial charge on any atom is 0.220 e. The van der Waals surface area contributed by atoms with Gasteiger partial charge in [-0.05, 0) is 43.9 Å². The largest absolute Gasteiger partial charge is 0.348 e. The average molecular weight is 263 g/mol. The van der Waals surface area contributed by atoms with Gasteiger partial charge in [0.1, 0.15) is 0 Å². The molecule has 0 spiro atoms. The van der Waals surface area contributed by atoms with Crippen LogP contribution in [0.3, 0.4) is 0 Å². The molecule has 1 rings (SSSR count). The van der Waals surface area contributed by atoms with Gasteiger partial charge in [0.15, 0.2) is 0 Å². The molecule has 1 heterocycles. The molecular formula is C15H25N3O. The van der Waals surface area contributed by atoms with Crippen LogP contribution in [0.1, 0.15) is 45.3 Å². The zero-order valence-corrected chi connectivity index (χ0v) is 12.1. The molecule has 1 aromatic rings. The number of nitrogens with two attached hydrogens (primary N) is 1. The van der Waals surface area contributed by atoms with Crippen molar-refractivity contribution in [2.24, 2.45) is 17.6 Å². The van der Waals surface area contributed by atoms with Gasteiger partial charge in [-0.25, -0.2) is 0 Å². The lowest BCUT2D eigenvalue weighted by atomic mass is 9.94. The molecule has 0 saturated heterocycles. The first-order valence-corrected chi connectivity index (χ1v) is 6.93. The molecule has 106 valence electrons. The van der Waals surface area contributed by atoms with Crippen molar-refractivity contribution in [1.82, 2.24) is 10.3 Å². The van der Waals surface area contributed by atoms with E-state index in [4.69, 9.17) is 5.73 Å². The third-order valence-electron chi connectivity index (χ3n) is 3.12. The molecule has 0 aliphatic carbocycles. The van der Waals surface area contributed by atoms with Crippen LogP contribution in [0.2, 0.25) is 0 Å². The van der Waals surface area contributed by atoms with E-state index >= 15 is 0 Å². The SMILES string of the molecule is CC(C)CC(CN)CC(=O)N[C@H](C)c1ccccn1. The minimum absolute atomic E-state index is 0.0502. The third kappa shape index (κ3) is 5.83. The Morgan fingerprint density at radius 1 is 1.37 bits per heavy atom. The van der Waals surface area contributed by atoms with E-state index in [9.17, 15) is 4.79 Å². The fourth-order valence-electron chi connectivity index (χ4n) is 2.20. The summed E-state index contributed by atoms with van der Waals surface area (Å²) in [5.41, 5.74) is 6.60. The van der Waals surface area contributed by atoms with Crippen molar-refractivity contribution in [1.29, 1.82) is 0 Å². The molecule has 0 fully saturated rings. The first-order chi connectivity index (χ1) is 9.02. The van der Waals surface area contributed by atoms with Crippen LogP contribution in [0.15, 0.2) is 24.4 Å². The number of rotatable bonds is 7. The summed E-state index contributed by atoms with van der Waals surface area (Å²) in [7, 11) is 0. The Morgan fingerprint density at radius 3 is 2.63 bits per heavy atom. The fourth-order valence-corrected chi connectivity index (χ4v) is 2.20. The maximum atomic E-state index is 12.0. The van der Waals surface area contributed by atoms with Crippen LogP contribution in [0.25, 0.3) is 0 Å². The molecule has 2 atom stereocenters. The van der Waals surface area contributed by atoms with Crippen molar-refractivity contribution in [2.45, 2.75) is 39.7 Å². The van der Waals surface area contributed by atoms with E-state index < -0.39 is 0 Å². The van der Waals surface area contributed by atoms with Gasteiger partial charge >= 0.3 is 0 Å². The number of pyridine rings is 1. The molecule has 3 N–H and O–H groups in total. The number of hydrogen-bond acceptors (Lipinski definition) is 3. The summed E-state index contributed by atoms with van der Waals surface area (Å²) in [5, 5.41) is 2.98. The molecular weight excluding hydrogens is 238 g/mol. The van der Waals surface area contributed by atoms with Crippen molar-refractivity contribution in [3.63, 3.8) is 0 Å². The van der Waals surface area contributed by atoms with Crippen LogP contribution in [-0.2, 0) is 4.79 Å². The van der Waals surface area contributed by atoms with E-state index in [-0.39, 0.29) is 17.9 Å².